The lowest BCUT2D eigenvalue weighted by molar-refractivity contribution is 0.0478. The SMILES string of the molecule is Cc1ccc2cc(C(=O)OCc3ccccc3)sc2c1. The van der Waals surface area contributed by atoms with Gasteiger partial charge in [0.1, 0.15) is 11.5 Å². The number of ether oxygens (including phenoxy) is 1. The van der Waals surface area contributed by atoms with Crippen molar-refractivity contribution in [2.45, 2.75) is 13.5 Å². The van der Waals surface area contributed by atoms with Gasteiger partial charge in [-0.05, 0) is 35.6 Å². The topological polar surface area (TPSA) is 26.3 Å². The number of hydrogen-bond donors (Lipinski definition) is 0. The van der Waals surface area contributed by atoms with Gasteiger partial charge in [-0.15, -0.1) is 11.3 Å². The average Bonchev–Trinajstić information content (AvgIpc) is 2.89. The zero-order chi connectivity index (χ0) is 13.9. The Balaban J connectivity index is 1.75. The van der Waals surface area contributed by atoms with Gasteiger partial charge in [-0.3, -0.25) is 0 Å². The lowest BCUT2D eigenvalue weighted by Gasteiger charge is -2.02. The van der Waals surface area contributed by atoms with Crippen LogP contribution in [0.1, 0.15) is 20.8 Å². The normalized spacial score (nSPS) is 10.7. The lowest BCUT2D eigenvalue weighted by atomic mass is 10.2. The first-order chi connectivity index (χ1) is 9.72. The Labute approximate surface area is 121 Å². The molecule has 0 aliphatic rings. The van der Waals surface area contributed by atoms with Crippen molar-refractivity contribution in [3.05, 3.63) is 70.6 Å². The van der Waals surface area contributed by atoms with Crippen LogP contribution in [0, 0.1) is 6.92 Å². The van der Waals surface area contributed by atoms with Crippen LogP contribution in [0.3, 0.4) is 0 Å². The Morgan fingerprint density at radius 2 is 1.90 bits per heavy atom. The van der Waals surface area contributed by atoms with Gasteiger partial charge in [0.2, 0.25) is 0 Å². The minimum atomic E-state index is -0.257. The molecule has 0 radical (unpaired) electrons. The molecule has 0 unspecified atom stereocenters. The van der Waals surface area contributed by atoms with Gasteiger partial charge in [-0.25, -0.2) is 4.79 Å². The molecule has 3 heteroatoms. The number of rotatable bonds is 3. The second kappa shape index (κ2) is 5.47. The Bertz CT molecular complexity index is 744. The number of carbonyl (C=O) groups is 1. The molecule has 3 aromatic rings. The highest BCUT2D eigenvalue weighted by Gasteiger charge is 2.11. The number of benzene rings is 2. The van der Waals surface area contributed by atoms with Gasteiger partial charge in [-0.2, -0.15) is 0 Å². The minimum Gasteiger partial charge on any atom is -0.457 e. The summed E-state index contributed by atoms with van der Waals surface area (Å²) >= 11 is 1.48. The van der Waals surface area contributed by atoms with Crippen molar-refractivity contribution in [1.82, 2.24) is 0 Å². The van der Waals surface area contributed by atoms with Crippen LogP contribution in [-0.4, -0.2) is 5.97 Å². The Morgan fingerprint density at radius 3 is 2.70 bits per heavy atom. The van der Waals surface area contributed by atoms with Gasteiger partial charge < -0.3 is 4.74 Å². The summed E-state index contributed by atoms with van der Waals surface area (Å²) in [5.41, 5.74) is 2.20. The molecule has 0 aliphatic carbocycles. The molecule has 2 aromatic carbocycles. The van der Waals surface area contributed by atoms with Crippen LogP contribution in [0.15, 0.2) is 54.6 Å². The molecular formula is C17H14O2S. The Kier molecular flexibility index (Phi) is 3.52. The largest absolute Gasteiger partial charge is 0.457 e. The van der Waals surface area contributed by atoms with Crippen LogP contribution in [0.4, 0.5) is 0 Å². The van der Waals surface area contributed by atoms with E-state index in [1.165, 1.54) is 16.9 Å². The molecule has 1 aromatic heterocycles. The smallest absolute Gasteiger partial charge is 0.348 e. The number of fused-ring (bicyclic) bond motifs is 1. The number of hydrogen-bond acceptors (Lipinski definition) is 3. The summed E-state index contributed by atoms with van der Waals surface area (Å²) in [6, 6.07) is 17.8. The van der Waals surface area contributed by atoms with E-state index in [9.17, 15) is 4.79 Å². The first kappa shape index (κ1) is 12.9. The molecule has 0 amide bonds. The van der Waals surface area contributed by atoms with E-state index < -0.39 is 0 Å². The van der Waals surface area contributed by atoms with Gasteiger partial charge in [0.05, 0.1) is 0 Å². The highest BCUT2D eigenvalue weighted by atomic mass is 32.1. The first-order valence-corrected chi connectivity index (χ1v) is 7.25. The van der Waals surface area contributed by atoms with Crippen LogP contribution in [0.2, 0.25) is 0 Å². The summed E-state index contributed by atoms with van der Waals surface area (Å²) in [7, 11) is 0. The maximum absolute atomic E-state index is 12.1. The average molecular weight is 282 g/mol. The molecule has 0 atom stereocenters. The summed E-state index contributed by atoms with van der Waals surface area (Å²) in [6.07, 6.45) is 0. The molecule has 0 saturated carbocycles. The summed E-state index contributed by atoms with van der Waals surface area (Å²) in [6.45, 7) is 2.36. The molecule has 0 bridgehead atoms. The first-order valence-electron chi connectivity index (χ1n) is 6.43. The Hall–Kier alpha value is -2.13. The molecule has 100 valence electrons. The number of carbonyl (C=O) groups excluding carboxylic acids is 1. The van der Waals surface area contributed by atoms with E-state index in [1.54, 1.807) is 0 Å². The van der Waals surface area contributed by atoms with E-state index in [4.69, 9.17) is 4.74 Å². The third-order valence-electron chi connectivity index (χ3n) is 3.09. The maximum atomic E-state index is 12.1. The molecule has 0 fully saturated rings. The molecular weight excluding hydrogens is 268 g/mol. The third-order valence-corrected chi connectivity index (χ3v) is 4.17. The summed E-state index contributed by atoms with van der Waals surface area (Å²) in [5, 5.41) is 1.09. The predicted octanol–water partition coefficient (Wildman–Crippen LogP) is 4.57. The van der Waals surface area contributed by atoms with Crippen LogP contribution in [-0.2, 0) is 11.3 Å². The second-order valence-electron chi connectivity index (χ2n) is 4.71. The monoisotopic (exact) mass is 282 g/mol. The number of esters is 1. The molecule has 0 aliphatic heterocycles. The third kappa shape index (κ3) is 2.73. The summed E-state index contributed by atoms with van der Waals surface area (Å²) in [5.74, 6) is -0.257. The molecule has 20 heavy (non-hydrogen) atoms. The van der Waals surface area contributed by atoms with Gasteiger partial charge >= 0.3 is 5.97 Å². The van der Waals surface area contributed by atoms with Crippen molar-refractivity contribution in [3.8, 4) is 0 Å². The fourth-order valence-electron chi connectivity index (χ4n) is 2.03. The van der Waals surface area contributed by atoms with Gasteiger partial charge in [0.25, 0.3) is 0 Å². The molecule has 2 nitrogen and oxygen atoms in total. The van der Waals surface area contributed by atoms with Gasteiger partial charge in [0, 0.05) is 4.70 Å². The van der Waals surface area contributed by atoms with Crippen molar-refractivity contribution >= 4 is 27.4 Å². The van der Waals surface area contributed by atoms with Crippen LogP contribution < -0.4 is 0 Å². The van der Waals surface area contributed by atoms with Crippen molar-refractivity contribution in [1.29, 1.82) is 0 Å². The fraction of sp³-hybridized carbons (Fsp3) is 0.118. The predicted molar refractivity (Wildman–Crippen MR) is 82.1 cm³/mol. The van der Waals surface area contributed by atoms with Crippen molar-refractivity contribution < 1.29 is 9.53 Å². The molecule has 3 rings (SSSR count). The van der Waals surface area contributed by atoms with Crippen LogP contribution >= 0.6 is 11.3 Å². The Morgan fingerprint density at radius 1 is 1.10 bits per heavy atom. The second-order valence-corrected chi connectivity index (χ2v) is 5.80. The van der Waals surface area contributed by atoms with E-state index in [0.717, 1.165) is 15.6 Å². The van der Waals surface area contributed by atoms with Crippen LogP contribution in [0.5, 0.6) is 0 Å². The number of aryl methyl sites for hydroxylation is 1. The van der Waals surface area contributed by atoms with E-state index in [2.05, 4.69) is 6.07 Å². The van der Waals surface area contributed by atoms with Crippen molar-refractivity contribution in [2.24, 2.45) is 0 Å². The van der Waals surface area contributed by atoms with Gasteiger partial charge in [-0.1, -0.05) is 42.5 Å². The van der Waals surface area contributed by atoms with Crippen molar-refractivity contribution in [3.63, 3.8) is 0 Å². The summed E-state index contributed by atoms with van der Waals surface area (Å²) < 4.78 is 6.47. The molecule has 0 saturated heterocycles. The fourth-order valence-corrected chi connectivity index (χ4v) is 3.09. The van der Waals surface area contributed by atoms with E-state index in [0.29, 0.717) is 11.5 Å². The van der Waals surface area contributed by atoms with E-state index in [1.807, 2.05) is 55.5 Å². The number of thiophene rings is 1. The van der Waals surface area contributed by atoms with E-state index >= 15 is 0 Å². The quantitative estimate of drug-likeness (QED) is 0.658. The van der Waals surface area contributed by atoms with E-state index in [-0.39, 0.29) is 5.97 Å². The highest BCUT2D eigenvalue weighted by Crippen LogP contribution is 2.27. The standard InChI is InChI=1S/C17H14O2S/c1-12-7-8-14-10-16(20-15(14)9-12)17(18)19-11-13-5-3-2-4-6-13/h2-10H,11H2,1H3. The zero-order valence-corrected chi connectivity index (χ0v) is 11.9. The summed E-state index contributed by atoms with van der Waals surface area (Å²) in [4.78, 5) is 12.7. The minimum absolute atomic E-state index is 0.257. The molecule has 1 heterocycles. The highest BCUT2D eigenvalue weighted by molar-refractivity contribution is 7.20. The molecule has 0 spiro atoms. The zero-order valence-electron chi connectivity index (χ0n) is 11.1. The van der Waals surface area contributed by atoms with Crippen molar-refractivity contribution in [2.75, 3.05) is 0 Å². The maximum Gasteiger partial charge on any atom is 0.348 e. The lowest BCUT2D eigenvalue weighted by Crippen LogP contribution is -2.02. The van der Waals surface area contributed by atoms with Gasteiger partial charge in [0.15, 0.2) is 0 Å². The van der Waals surface area contributed by atoms with Crippen LogP contribution in [0.25, 0.3) is 10.1 Å². The molecule has 0 N–H and O–H groups in total.